The maximum absolute atomic E-state index is 12.4. The molecule has 1 saturated heterocycles. The number of nitrogens with zero attached hydrogens (tertiary/aromatic N) is 2. The van der Waals surface area contributed by atoms with Crippen LogP contribution in [0.3, 0.4) is 0 Å². The van der Waals surface area contributed by atoms with E-state index in [9.17, 15) is 4.79 Å². The van der Waals surface area contributed by atoms with Gasteiger partial charge < -0.3 is 14.8 Å². The number of pyridine rings is 1. The largest absolute Gasteiger partial charge is 0.481 e. The van der Waals surface area contributed by atoms with Crippen LogP contribution >= 0.6 is 0 Å². The van der Waals surface area contributed by atoms with E-state index in [1.165, 1.54) is 0 Å². The number of hydrogen-bond donors (Lipinski definition) is 1. The van der Waals surface area contributed by atoms with Crippen LogP contribution in [0.4, 0.5) is 0 Å². The molecular formula is C19H23N3O3. The smallest absolute Gasteiger partial charge is 0.251 e. The predicted molar refractivity (Wildman–Crippen MR) is 95.8 cm³/mol. The summed E-state index contributed by atoms with van der Waals surface area (Å²) in [5.41, 5.74) is 2.55. The number of carbonyl (C=O) groups is 1. The molecule has 1 aromatic heterocycles. The second kappa shape index (κ2) is 8.60. The number of hydrogen-bond acceptors (Lipinski definition) is 5. The molecule has 2 aromatic rings. The van der Waals surface area contributed by atoms with Crippen molar-refractivity contribution in [1.82, 2.24) is 15.2 Å². The summed E-state index contributed by atoms with van der Waals surface area (Å²) in [5, 5.41) is 2.99. The van der Waals surface area contributed by atoms with Gasteiger partial charge in [-0.3, -0.25) is 9.69 Å². The Kier molecular flexibility index (Phi) is 5.98. The maximum Gasteiger partial charge on any atom is 0.251 e. The molecule has 132 valence electrons. The van der Waals surface area contributed by atoms with Crippen LogP contribution in [0.1, 0.15) is 10.4 Å². The third kappa shape index (κ3) is 4.78. The number of amides is 1. The molecule has 0 unspecified atom stereocenters. The molecule has 6 heteroatoms. The Labute approximate surface area is 147 Å². The van der Waals surface area contributed by atoms with E-state index >= 15 is 0 Å². The van der Waals surface area contributed by atoms with E-state index in [-0.39, 0.29) is 5.91 Å². The number of benzene rings is 1. The van der Waals surface area contributed by atoms with Gasteiger partial charge in [0.25, 0.3) is 5.91 Å². The number of rotatable bonds is 6. The summed E-state index contributed by atoms with van der Waals surface area (Å²) in [4.78, 5) is 18.9. The highest BCUT2D eigenvalue weighted by molar-refractivity contribution is 5.95. The molecule has 0 radical (unpaired) electrons. The topological polar surface area (TPSA) is 63.7 Å². The van der Waals surface area contributed by atoms with Gasteiger partial charge in [0, 0.05) is 49.6 Å². The van der Waals surface area contributed by atoms with Crippen LogP contribution in [0, 0.1) is 0 Å². The van der Waals surface area contributed by atoms with Crippen molar-refractivity contribution in [3.05, 3.63) is 48.2 Å². The van der Waals surface area contributed by atoms with E-state index in [1.54, 1.807) is 13.3 Å². The molecule has 0 saturated carbocycles. The molecule has 0 aliphatic carbocycles. The number of methoxy groups -OCH3 is 1. The van der Waals surface area contributed by atoms with Gasteiger partial charge in [0.05, 0.1) is 20.3 Å². The van der Waals surface area contributed by atoms with E-state index < -0.39 is 0 Å². The standard InChI is InChI=1S/C19H23N3O3/c1-24-18-6-5-17(14-21-18)15-3-2-4-16(13-15)19(23)20-7-8-22-9-11-25-12-10-22/h2-6,13-14H,7-12H2,1H3,(H,20,23). The van der Waals surface area contributed by atoms with Crippen LogP contribution in [-0.2, 0) is 4.74 Å². The molecule has 2 heterocycles. The van der Waals surface area contributed by atoms with Crippen LogP contribution in [0.5, 0.6) is 5.88 Å². The van der Waals surface area contributed by atoms with Gasteiger partial charge in [0.2, 0.25) is 5.88 Å². The molecule has 1 aromatic carbocycles. The zero-order chi connectivity index (χ0) is 17.5. The Morgan fingerprint density at radius 2 is 2.08 bits per heavy atom. The minimum atomic E-state index is -0.0587. The van der Waals surface area contributed by atoms with E-state index in [2.05, 4.69) is 15.2 Å². The summed E-state index contributed by atoms with van der Waals surface area (Å²) in [5.74, 6) is 0.511. The van der Waals surface area contributed by atoms with E-state index in [0.29, 0.717) is 18.0 Å². The predicted octanol–water partition coefficient (Wildman–Crippen LogP) is 1.82. The molecule has 25 heavy (non-hydrogen) atoms. The number of aromatic nitrogens is 1. The Morgan fingerprint density at radius 1 is 1.24 bits per heavy atom. The third-order valence-corrected chi connectivity index (χ3v) is 4.22. The summed E-state index contributed by atoms with van der Waals surface area (Å²) in [6.07, 6.45) is 1.74. The Balaban J connectivity index is 1.58. The monoisotopic (exact) mass is 341 g/mol. The Hall–Kier alpha value is -2.44. The van der Waals surface area contributed by atoms with Gasteiger partial charge in [-0.15, -0.1) is 0 Å². The Morgan fingerprint density at radius 3 is 2.80 bits per heavy atom. The lowest BCUT2D eigenvalue weighted by molar-refractivity contribution is 0.0383. The van der Waals surface area contributed by atoms with Crippen molar-refractivity contribution in [2.24, 2.45) is 0 Å². The summed E-state index contributed by atoms with van der Waals surface area (Å²) < 4.78 is 10.4. The summed E-state index contributed by atoms with van der Waals surface area (Å²) in [7, 11) is 1.59. The zero-order valence-electron chi connectivity index (χ0n) is 14.4. The second-order valence-electron chi connectivity index (χ2n) is 5.88. The van der Waals surface area contributed by atoms with Crippen LogP contribution in [0.15, 0.2) is 42.6 Å². The van der Waals surface area contributed by atoms with E-state index in [1.807, 2.05) is 36.4 Å². The van der Waals surface area contributed by atoms with Crippen molar-refractivity contribution in [1.29, 1.82) is 0 Å². The molecule has 0 atom stereocenters. The fourth-order valence-corrected chi connectivity index (χ4v) is 2.77. The minimum Gasteiger partial charge on any atom is -0.481 e. The van der Waals surface area contributed by atoms with E-state index in [0.717, 1.165) is 44.0 Å². The van der Waals surface area contributed by atoms with Gasteiger partial charge in [0.15, 0.2) is 0 Å². The van der Waals surface area contributed by atoms with Crippen LogP contribution in [-0.4, -0.2) is 62.3 Å². The second-order valence-corrected chi connectivity index (χ2v) is 5.88. The van der Waals surface area contributed by atoms with Gasteiger partial charge in [-0.1, -0.05) is 12.1 Å². The zero-order valence-corrected chi connectivity index (χ0v) is 14.4. The van der Waals surface area contributed by atoms with Crippen molar-refractivity contribution in [3.8, 4) is 17.0 Å². The molecule has 1 amide bonds. The fraction of sp³-hybridized carbons (Fsp3) is 0.368. The van der Waals surface area contributed by atoms with Crippen molar-refractivity contribution in [2.45, 2.75) is 0 Å². The maximum atomic E-state index is 12.4. The SMILES string of the molecule is COc1ccc(-c2cccc(C(=O)NCCN3CCOCC3)c2)cn1. The molecule has 1 N–H and O–H groups in total. The first-order chi connectivity index (χ1) is 12.3. The summed E-state index contributed by atoms with van der Waals surface area (Å²) in [6.45, 7) is 4.87. The highest BCUT2D eigenvalue weighted by Crippen LogP contribution is 2.21. The molecule has 1 aliphatic rings. The lowest BCUT2D eigenvalue weighted by Crippen LogP contribution is -2.41. The molecule has 0 bridgehead atoms. The number of ether oxygens (including phenoxy) is 2. The number of carbonyl (C=O) groups excluding carboxylic acids is 1. The first-order valence-corrected chi connectivity index (χ1v) is 8.45. The van der Waals surface area contributed by atoms with Crippen LogP contribution < -0.4 is 10.1 Å². The van der Waals surface area contributed by atoms with Gasteiger partial charge in [-0.25, -0.2) is 4.98 Å². The molecule has 6 nitrogen and oxygen atoms in total. The van der Waals surface area contributed by atoms with Crippen LogP contribution in [0.25, 0.3) is 11.1 Å². The lowest BCUT2D eigenvalue weighted by atomic mass is 10.0. The van der Waals surface area contributed by atoms with Crippen molar-refractivity contribution in [3.63, 3.8) is 0 Å². The number of nitrogens with one attached hydrogen (secondary N) is 1. The number of morpholine rings is 1. The average Bonchev–Trinajstić information content (AvgIpc) is 2.69. The molecule has 1 fully saturated rings. The van der Waals surface area contributed by atoms with Crippen molar-refractivity contribution < 1.29 is 14.3 Å². The average molecular weight is 341 g/mol. The summed E-state index contributed by atoms with van der Waals surface area (Å²) in [6, 6.07) is 11.3. The Bertz CT molecular complexity index is 697. The summed E-state index contributed by atoms with van der Waals surface area (Å²) >= 11 is 0. The first-order valence-electron chi connectivity index (χ1n) is 8.45. The van der Waals surface area contributed by atoms with Gasteiger partial charge in [0.1, 0.15) is 0 Å². The van der Waals surface area contributed by atoms with E-state index in [4.69, 9.17) is 9.47 Å². The van der Waals surface area contributed by atoms with Crippen molar-refractivity contribution >= 4 is 5.91 Å². The van der Waals surface area contributed by atoms with Crippen molar-refractivity contribution in [2.75, 3.05) is 46.5 Å². The molecular weight excluding hydrogens is 318 g/mol. The molecule has 1 aliphatic heterocycles. The third-order valence-electron chi connectivity index (χ3n) is 4.22. The highest BCUT2D eigenvalue weighted by atomic mass is 16.5. The molecule has 0 spiro atoms. The lowest BCUT2D eigenvalue weighted by Gasteiger charge is -2.26. The normalized spacial score (nSPS) is 14.9. The van der Waals surface area contributed by atoms with Gasteiger partial charge in [-0.2, -0.15) is 0 Å². The fourth-order valence-electron chi connectivity index (χ4n) is 2.77. The van der Waals surface area contributed by atoms with Crippen LogP contribution in [0.2, 0.25) is 0 Å². The first kappa shape index (κ1) is 17.4. The highest BCUT2D eigenvalue weighted by Gasteiger charge is 2.11. The minimum absolute atomic E-state index is 0.0587. The van der Waals surface area contributed by atoms with Gasteiger partial charge in [-0.05, 0) is 23.8 Å². The molecule has 3 rings (SSSR count). The van der Waals surface area contributed by atoms with Gasteiger partial charge >= 0.3 is 0 Å². The quantitative estimate of drug-likeness (QED) is 0.868.